The zero-order valence-corrected chi connectivity index (χ0v) is 18.3. The minimum Gasteiger partial charge on any atom is -0.396 e. The van der Waals surface area contributed by atoms with Crippen LogP contribution in [0.25, 0.3) is 11.3 Å². The molecule has 4 bridgehead atoms. The summed E-state index contributed by atoms with van der Waals surface area (Å²) in [7, 11) is 0. The molecule has 4 aliphatic carbocycles. The number of hydrogen-bond donors (Lipinski definition) is 2. The lowest BCUT2D eigenvalue weighted by Gasteiger charge is -2.66. The van der Waals surface area contributed by atoms with Gasteiger partial charge in [-0.3, -0.25) is 0 Å². The number of hydrogen-bond acceptors (Lipinski definition) is 3. The lowest BCUT2D eigenvalue weighted by atomic mass is 9.39. The highest BCUT2D eigenvalue weighted by Gasteiger charge is 2.61. The molecule has 0 saturated heterocycles. The fraction of sp³-hybridized carbons (Fsp3) is 0.654. The van der Waals surface area contributed by atoms with E-state index in [4.69, 9.17) is 0 Å². The van der Waals surface area contributed by atoms with E-state index in [0.717, 1.165) is 48.9 Å². The van der Waals surface area contributed by atoms with Crippen molar-refractivity contribution in [3.8, 4) is 11.3 Å². The van der Waals surface area contributed by atoms with Crippen molar-refractivity contribution in [2.45, 2.75) is 70.4 Å². The van der Waals surface area contributed by atoms with Crippen LogP contribution in [0.5, 0.6) is 0 Å². The van der Waals surface area contributed by atoms with Gasteiger partial charge in [-0.25, -0.2) is 9.37 Å². The van der Waals surface area contributed by atoms with E-state index in [1.807, 2.05) is 12.3 Å². The lowest BCUT2D eigenvalue weighted by Crippen LogP contribution is -2.59. The standard InChI is InChI=1S/C26H33FN2O2/c1-25(6-3-7-30)17-8-16-9-18(25)13-26(11-16,12-17)23(31)10-21-24-19(4-2-5-20(24)27)22-14-28-15-29(21)22/h2,4-5,14-18,21,23,30-31H,3,6-13H2,1H3. The van der Waals surface area contributed by atoms with E-state index in [1.165, 1.54) is 18.9 Å². The van der Waals surface area contributed by atoms with Crippen LogP contribution < -0.4 is 0 Å². The summed E-state index contributed by atoms with van der Waals surface area (Å²) in [4.78, 5) is 4.31. The molecule has 31 heavy (non-hydrogen) atoms. The van der Waals surface area contributed by atoms with Crippen molar-refractivity contribution in [3.05, 3.63) is 42.1 Å². The Morgan fingerprint density at radius 3 is 2.74 bits per heavy atom. The lowest BCUT2D eigenvalue weighted by molar-refractivity contribution is -0.186. The van der Waals surface area contributed by atoms with Gasteiger partial charge in [-0.15, -0.1) is 0 Å². The number of aliphatic hydroxyl groups is 2. The highest BCUT2D eigenvalue weighted by molar-refractivity contribution is 5.69. The van der Waals surface area contributed by atoms with Crippen molar-refractivity contribution in [1.29, 1.82) is 0 Å². The van der Waals surface area contributed by atoms with Gasteiger partial charge in [-0.05, 0) is 86.0 Å². The van der Waals surface area contributed by atoms with Gasteiger partial charge < -0.3 is 14.8 Å². The molecule has 2 heterocycles. The number of rotatable bonds is 6. The summed E-state index contributed by atoms with van der Waals surface area (Å²) in [5.41, 5.74) is 2.85. The topological polar surface area (TPSA) is 58.3 Å². The van der Waals surface area contributed by atoms with Crippen molar-refractivity contribution >= 4 is 0 Å². The first kappa shape index (κ1) is 19.9. The third-order valence-corrected chi connectivity index (χ3v) is 9.79. The highest BCUT2D eigenvalue weighted by atomic mass is 19.1. The summed E-state index contributed by atoms with van der Waals surface area (Å²) in [5.74, 6) is 1.80. The molecule has 4 saturated carbocycles. The molecule has 166 valence electrons. The van der Waals surface area contributed by atoms with Gasteiger partial charge in [-0.2, -0.15) is 0 Å². The first-order chi connectivity index (χ1) is 14.9. The van der Waals surface area contributed by atoms with Crippen LogP contribution in [0.4, 0.5) is 4.39 Å². The molecule has 1 aliphatic heterocycles. The second kappa shape index (κ2) is 6.89. The van der Waals surface area contributed by atoms with Gasteiger partial charge in [0.1, 0.15) is 5.82 Å². The molecular weight excluding hydrogens is 391 g/mol. The monoisotopic (exact) mass is 424 g/mol. The van der Waals surface area contributed by atoms with Crippen LogP contribution in [0.15, 0.2) is 30.7 Å². The van der Waals surface area contributed by atoms with Gasteiger partial charge in [0.2, 0.25) is 0 Å². The molecule has 4 fully saturated rings. The number of benzene rings is 1. The molecule has 1 aromatic heterocycles. The van der Waals surface area contributed by atoms with Gasteiger partial charge in [0.05, 0.1) is 30.4 Å². The van der Waals surface area contributed by atoms with Crippen LogP contribution in [-0.4, -0.2) is 32.5 Å². The Kier molecular flexibility index (Phi) is 4.43. The zero-order chi connectivity index (χ0) is 21.4. The van der Waals surface area contributed by atoms with Crippen molar-refractivity contribution in [2.24, 2.45) is 28.6 Å². The van der Waals surface area contributed by atoms with E-state index < -0.39 is 6.10 Å². The normalized spacial score (nSPS) is 38.3. The minimum atomic E-state index is -0.436. The minimum absolute atomic E-state index is 0.0377. The van der Waals surface area contributed by atoms with E-state index >= 15 is 0 Å². The van der Waals surface area contributed by atoms with E-state index in [2.05, 4.69) is 16.5 Å². The summed E-state index contributed by atoms with van der Waals surface area (Å²) >= 11 is 0. The van der Waals surface area contributed by atoms with Gasteiger partial charge >= 0.3 is 0 Å². The van der Waals surface area contributed by atoms with Gasteiger partial charge in [0, 0.05) is 17.7 Å². The van der Waals surface area contributed by atoms with Crippen molar-refractivity contribution in [2.75, 3.05) is 6.61 Å². The number of halogens is 1. The van der Waals surface area contributed by atoms with Crippen LogP contribution in [0, 0.1) is 34.4 Å². The number of aromatic nitrogens is 2. The molecule has 2 N–H and O–H groups in total. The smallest absolute Gasteiger partial charge is 0.129 e. The summed E-state index contributed by atoms with van der Waals surface area (Å²) < 4.78 is 16.9. The average Bonchev–Trinajstić information content (AvgIpc) is 3.33. The number of fused-ring (bicyclic) bond motifs is 3. The number of imidazole rings is 1. The number of aliphatic hydroxyl groups excluding tert-OH is 2. The van der Waals surface area contributed by atoms with Crippen molar-refractivity contribution < 1.29 is 14.6 Å². The molecule has 5 aliphatic rings. The van der Waals surface area contributed by atoms with E-state index in [-0.39, 0.29) is 23.9 Å². The molecule has 0 amide bonds. The summed E-state index contributed by atoms with van der Waals surface area (Å²) in [6.07, 6.45) is 11.5. The molecule has 4 unspecified atom stereocenters. The van der Waals surface area contributed by atoms with E-state index in [1.54, 1.807) is 12.4 Å². The largest absolute Gasteiger partial charge is 0.396 e. The van der Waals surface area contributed by atoms with Crippen molar-refractivity contribution in [1.82, 2.24) is 9.55 Å². The van der Waals surface area contributed by atoms with Crippen LogP contribution in [0.2, 0.25) is 0 Å². The second-order valence-electron chi connectivity index (χ2n) is 11.2. The van der Waals surface area contributed by atoms with Gasteiger partial charge in [0.25, 0.3) is 0 Å². The Morgan fingerprint density at radius 2 is 2.00 bits per heavy atom. The first-order valence-electron chi connectivity index (χ1n) is 12.0. The average molecular weight is 425 g/mol. The Balaban J connectivity index is 1.29. The Morgan fingerprint density at radius 1 is 1.23 bits per heavy atom. The maximum atomic E-state index is 14.9. The predicted molar refractivity (Wildman–Crippen MR) is 117 cm³/mol. The molecule has 4 nitrogen and oxygen atoms in total. The highest BCUT2D eigenvalue weighted by Crippen LogP contribution is 2.69. The third kappa shape index (κ3) is 2.75. The SMILES string of the molecule is CC1(CCCO)C2CC3CC1CC(C(O)CC1c4c(F)cccc4-c4cncn41)(C3)C2. The summed E-state index contributed by atoms with van der Waals surface area (Å²) in [5, 5.41) is 21.1. The molecule has 7 rings (SSSR count). The van der Waals surface area contributed by atoms with Crippen LogP contribution in [0.3, 0.4) is 0 Å². The molecule has 5 heteroatoms. The maximum absolute atomic E-state index is 14.9. The zero-order valence-electron chi connectivity index (χ0n) is 18.3. The van der Waals surface area contributed by atoms with Crippen LogP contribution in [-0.2, 0) is 0 Å². The van der Waals surface area contributed by atoms with Crippen molar-refractivity contribution in [3.63, 3.8) is 0 Å². The molecule has 4 atom stereocenters. The first-order valence-corrected chi connectivity index (χ1v) is 12.0. The van der Waals surface area contributed by atoms with E-state index in [0.29, 0.717) is 29.6 Å². The molecular formula is C26H33FN2O2. The third-order valence-electron chi connectivity index (χ3n) is 9.79. The van der Waals surface area contributed by atoms with Gasteiger partial charge in [-0.1, -0.05) is 19.1 Å². The fourth-order valence-corrected chi connectivity index (χ4v) is 8.35. The summed E-state index contributed by atoms with van der Waals surface area (Å²) in [6.45, 7) is 2.71. The number of nitrogens with zero attached hydrogens (tertiary/aromatic N) is 2. The Labute approximate surface area is 183 Å². The molecule has 0 spiro atoms. The van der Waals surface area contributed by atoms with Gasteiger partial charge in [0.15, 0.2) is 0 Å². The molecule has 2 aromatic rings. The van der Waals surface area contributed by atoms with Crippen LogP contribution >= 0.6 is 0 Å². The van der Waals surface area contributed by atoms with E-state index in [9.17, 15) is 14.6 Å². The molecule has 1 aromatic carbocycles. The quantitative estimate of drug-likeness (QED) is 0.690. The predicted octanol–water partition coefficient (Wildman–Crippen LogP) is 4.95. The fourth-order valence-electron chi connectivity index (χ4n) is 8.35. The molecule has 0 radical (unpaired) electrons. The Bertz CT molecular complexity index is 985. The maximum Gasteiger partial charge on any atom is 0.129 e. The Hall–Kier alpha value is -1.72. The second-order valence-corrected chi connectivity index (χ2v) is 11.2. The van der Waals surface area contributed by atoms with Crippen LogP contribution in [0.1, 0.15) is 69.9 Å². The summed E-state index contributed by atoms with van der Waals surface area (Å²) in [6, 6.07) is 5.08.